The van der Waals surface area contributed by atoms with Crippen LogP contribution in [0.15, 0.2) is 42.6 Å². The summed E-state index contributed by atoms with van der Waals surface area (Å²) in [6, 6.07) is 10.1. The Bertz CT molecular complexity index is 754. The van der Waals surface area contributed by atoms with E-state index in [9.17, 15) is 9.59 Å². The van der Waals surface area contributed by atoms with Crippen molar-refractivity contribution in [1.29, 1.82) is 0 Å². The van der Waals surface area contributed by atoms with Gasteiger partial charge in [0.25, 0.3) is 0 Å². The summed E-state index contributed by atoms with van der Waals surface area (Å²) in [6.07, 6.45) is 3.39. The first-order valence-corrected chi connectivity index (χ1v) is 7.93. The lowest BCUT2D eigenvalue weighted by atomic mass is 10.0. The highest BCUT2D eigenvalue weighted by atomic mass is 16.2. The van der Waals surface area contributed by atoms with Crippen LogP contribution in [0.25, 0.3) is 0 Å². The van der Waals surface area contributed by atoms with E-state index in [1.165, 1.54) is 6.20 Å². The van der Waals surface area contributed by atoms with Gasteiger partial charge >= 0.3 is 0 Å². The number of rotatable bonds is 5. The molecule has 0 radical (unpaired) electrons. The van der Waals surface area contributed by atoms with Gasteiger partial charge in [0.05, 0.1) is 11.9 Å². The van der Waals surface area contributed by atoms with E-state index in [0.717, 1.165) is 24.0 Å². The molecule has 1 aromatic heterocycles. The number of pyridine rings is 1. The average Bonchev–Trinajstić information content (AvgIpc) is 3.41. The van der Waals surface area contributed by atoms with Gasteiger partial charge in [0.15, 0.2) is 0 Å². The first-order chi connectivity index (χ1) is 11.5. The van der Waals surface area contributed by atoms with Crippen LogP contribution in [0.3, 0.4) is 0 Å². The van der Waals surface area contributed by atoms with Gasteiger partial charge in [-0.15, -0.1) is 0 Å². The summed E-state index contributed by atoms with van der Waals surface area (Å²) < 4.78 is 0. The molecule has 1 aromatic carbocycles. The van der Waals surface area contributed by atoms with Gasteiger partial charge in [-0.1, -0.05) is 24.3 Å². The Morgan fingerprint density at radius 2 is 1.92 bits per heavy atom. The second-order valence-electron chi connectivity index (χ2n) is 6.02. The number of amides is 2. The minimum absolute atomic E-state index is 0.000797. The third-order valence-electron chi connectivity index (χ3n) is 4.04. The lowest BCUT2D eigenvalue weighted by Gasteiger charge is -2.14. The van der Waals surface area contributed by atoms with Crippen molar-refractivity contribution >= 4 is 23.3 Å². The van der Waals surface area contributed by atoms with E-state index >= 15 is 0 Å². The molecule has 0 aliphatic heterocycles. The minimum atomic E-state index is -0.750. The summed E-state index contributed by atoms with van der Waals surface area (Å²) >= 11 is 0. The van der Waals surface area contributed by atoms with Crippen molar-refractivity contribution < 1.29 is 9.59 Å². The van der Waals surface area contributed by atoms with Crippen molar-refractivity contribution in [3.8, 4) is 0 Å². The number of nitrogens with one attached hydrogen (secondary N) is 2. The molecular weight excluding hydrogens is 304 g/mol. The fraction of sp³-hybridized carbons (Fsp3) is 0.278. The van der Waals surface area contributed by atoms with Crippen LogP contribution < -0.4 is 16.4 Å². The molecule has 1 unspecified atom stereocenters. The molecule has 24 heavy (non-hydrogen) atoms. The first kappa shape index (κ1) is 16.1. The van der Waals surface area contributed by atoms with E-state index in [1.54, 1.807) is 12.1 Å². The van der Waals surface area contributed by atoms with E-state index < -0.39 is 6.04 Å². The Morgan fingerprint density at radius 3 is 2.54 bits per heavy atom. The second-order valence-corrected chi connectivity index (χ2v) is 6.02. The maximum atomic E-state index is 12.3. The van der Waals surface area contributed by atoms with Gasteiger partial charge in [-0.25, -0.2) is 4.98 Å². The Morgan fingerprint density at radius 1 is 1.17 bits per heavy atom. The van der Waals surface area contributed by atoms with Crippen molar-refractivity contribution in [3.63, 3.8) is 0 Å². The Labute approximate surface area is 140 Å². The molecule has 124 valence electrons. The van der Waals surface area contributed by atoms with Gasteiger partial charge in [0.1, 0.15) is 11.9 Å². The van der Waals surface area contributed by atoms with Crippen molar-refractivity contribution in [2.24, 2.45) is 11.7 Å². The van der Waals surface area contributed by atoms with E-state index in [1.807, 2.05) is 31.2 Å². The maximum Gasteiger partial charge on any atom is 0.245 e. The predicted molar refractivity (Wildman–Crippen MR) is 92.3 cm³/mol. The molecular formula is C18H20N4O2. The topological polar surface area (TPSA) is 97.1 Å². The Hall–Kier alpha value is -2.73. The molecule has 0 bridgehead atoms. The molecule has 6 nitrogen and oxygen atoms in total. The number of benzene rings is 1. The summed E-state index contributed by atoms with van der Waals surface area (Å²) in [7, 11) is 0. The van der Waals surface area contributed by atoms with Gasteiger partial charge in [-0.3, -0.25) is 9.59 Å². The number of carbonyl (C=O) groups is 2. The summed E-state index contributed by atoms with van der Waals surface area (Å²) in [5.74, 6) is 0.299. The van der Waals surface area contributed by atoms with Crippen LogP contribution in [0.4, 0.5) is 11.5 Å². The molecule has 0 saturated heterocycles. The molecule has 1 atom stereocenters. The summed E-state index contributed by atoms with van der Waals surface area (Å²) in [5.41, 5.74) is 8.33. The van der Waals surface area contributed by atoms with Crippen LogP contribution in [0.1, 0.15) is 30.0 Å². The SMILES string of the molecule is Cc1ccccc1C(N)C(=O)Nc1ccc(NC(=O)C2CC2)nc1. The number of hydrogen-bond acceptors (Lipinski definition) is 4. The normalized spacial score (nSPS) is 14.8. The number of carbonyl (C=O) groups excluding carboxylic acids is 2. The maximum absolute atomic E-state index is 12.3. The van der Waals surface area contributed by atoms with Crippen molar-refractivity contribution in [1.82, 2.24) is 4.98 Å². The van der Waals surface area contributed by atoms with Gasteiger partial charge in [-0.05, 0) is 43.0 Å². The highest BCUT2D eigenvalue weighted by molar-refractivity contribution is 5.96. The standard InChI is InChI=1S/C18H20N4O2/c1-11-4-2-3-5-14(11)16(19)18(24)21-13-8-9-15(20-10-13)22-17(23)12-6-7-12/h2-5,8-10,12,16H,6-7,19H2,1H3,(H,21,24)(H,20,22,23). The van der Waals surface area contributed by atoms with Crippen LogP contribution in [-0.4, -0.2) is 16.8 Å². The van der Waals surface area contributed by atoms with E-state index in [0.29, 0.717) is 11.5 Å². The van der Waals surface area contributed by atoms with Crippen LogP contribution in [-0.2, 0) is 9.59 Å². The number of aromatic nitrogens is 1. The molecule has 0 spiro atoms. The van der Waals surface area contributed by atoms with Crippen LogP contribution in [0.5, 0.6) is 0 Å². The molecule has 2 aromatic rings. The molecule has 4 N–H and O–H groups in total. The summed E-state index contributed by atoms with van der Waals surface area (Å²) in [5, 5.41) is 5.50. The van der Waals surface area contributed by atoms with Crippen LogP contribution >= 0.6 is 0 Å². The van der Waals surface area contributed by atoms with Crippen molar-refractivity contribution in [2.75, 3.05) is 10.6 Å². The van der Waals surface area contributed by atoms with Gasteiger partial charge < -0.3 is 16.4 Å². The minimum Gasteiger partial charge on any atom is -0.323 e. The first-order valence-electron chi connectivity index (χ1n) is 7.93. The average molecular weight is 324 g/mol. The van der Waals surface area contributed by atoms with Crippen molar-refractivity contribution in [3.05, 3.63) is 53.7 Å². The zero-order chi connectivity index (χ0) is 17.1. The Kier molecular flexibility index (Phi) is 4.57. The van der Waals surface area contributed by atoms with Gasteiger partial charge in [-0.2, -0.15) is 0 Å². The summed E-state index contributed by atoms with van der Waals surface area (Å²) in [6.45, 7) is 1.92. The highest BCUT2D eigenvalue weighted by Crippen LogP contribution is 2.30. The van der Waals surface area contributed by atoms with E-state index in [4.69, 9.17) is 5.73 Å². The summed E-state index contributed by atoms with van der Waals surface area (Å²) in [4.78, 5) is 28.1. The number of aryl methyl sites for hydroxylation is 1. The monoisotopic (exact) mass is 324 g/mol. The van der Waals surface area contributed by atoms with Crippen LogP contribution in [0.2, 0.25) is 0 Å². The Balaban J connectivity index is 1.61. The zero-order valence-electron chi connectivity index (χ0n) is 13.5. The smallest absolute Gasteiger partial charge is 0.245 e. The van der Waals surface area contributed by atoms with Gasteiger partial charge in [0.2, 0.25) is 11.8 Å². The third-order valence-corrected chi connectivity index (χ3v) is 4.04. The van der Waals surface area contributed by atoms with Gasteiger partial charge in [0, 0.05) is 5.92 Å². The lowest BCUT2D eigenvalue weighted by molar-refractivity contribution is -0.118. The fourth-order valence-electron chi connectivity index (χ4n) is 2.41. The second kappa shape index (κ2) is 6.80. The predicted octanol–water partition coefficient (Wildman–Crippen LogP) is 2.38. The third kappa shape index (κ3) is 3.78. The molecule has 1 heterocycles. The fourth-order valence-corrected chi connectivity index (χ4v) is 2.41. The van der Waals surface area contributed by atoms with Crippen molar-refractivity contribution in [2.45, 2.75) is 25.8 Å². The lowest BCUT2D eigenvalue weighted by Crippen LogP contribution is -2.28. The molecule has 1 aliphatic carbocycles. The molecule has 2 amide bonds. The molecule has 3 rings (SSSR count). The molecule has 1 fully saturated rings. The quantitative estimate of drug-likeness (QED) is 0.786. The largest absolute Gasteiger partial charge is 0.323 e. The molecule has 1 aliphatic rings. The number of hydrogen-bond donors (Lipinski definition) is 3. The number of nitrogens with two attached hydrogens (primary N) is 1. The van der Waals surface area contributed by atoms with E-state index in [2.05, 4.69) is 15.6 Å². The highest BCUT2D eigenvalue weighted by Gasteiger charge is 2.29. The number of anilines is 2. The number of nitrogens with zero attached hydrogens (tertiary/aromatic N) is 1. The van der Waals surface area contributed by atoms with Crippen LogP contribution in [0, 0.1) is 12.8 Å². The van der Waals surface area contributed by atoms with E-state index in [-0.39, 0.29) is 17.7 Å². The zero-order valence-corrected chi connectivity index (χ0v) is 13.5. The molecule has 1 saturated carbocycles. The molecule has 6 heteroatoms.